The molecule has 2 rings (SSSR count). The van der Waals surface area contributed by atoms with Crippen LogP contribution in [0.1, 0.15) is 19.8 Å². The highest BCUT2D eigenvalue weighted by molar-refractivity contribution is 5.82. The lowest BCUT2D eigenvalue weighted by atomic mass is 9.65. The van der Waals surface area contributed by atoms with Crippen LogP contribution in [-0.2, 0) is 4.79 Å². The smallest absolute Gasteiger partial charge is 0.136 e. The number of carbonyl (C=O) groups excluding carboxylic acids is 1. The first-order chi connectivity index (χ1) is 6.61. The van der Waals surface area contributed by atoms with Gasteiger partial charge < -0.3 is 10.2 Å². The predicted octanol–water partition coefficient (Wildman–Crippen LogP) is 0.509. The zero-order valence-corrected chi connectivity index (χ0v) is 8.26. The minimum absolute atomic E-state index is 0.0581. The second-order valence-electron chi connectivity index (χ2n) is 4.40. The van der Waals surface area contributed by atoms with Crippen molar-refractivity contribution in [1.82, 2.24) is 0 Å². The third-order valence-corrected chi connectivity index (χ3v) is 3.64. The number of aliphatic hydroxyl groups excluding tert-OH is 2. The van der Waals surface area contributed by atoms with E-state index in [0.29, 0.717) is 12.8 Å². The Morgan fingerprint density at radius 1 is 1.29 bits per heavy atom. The van der Waals surface area contributed by atoms with Gasteiger partial charge in [-0.15, -0.1) is 0 Å². The summed E-state index contributed by atoms with van der Waals surface area (Å²) in [6.45, 7) is 1.86. The first-order valence-corrected chi connectivity index (χ1v) is 5.18. The molecule has 0 aromatic heterocycles. The molecule has 1 saturated carbocycles. The number of hydrogen-bond acceptors (Lipinski definition) is 3. The van der Waals surface area contributed by atoms with Crippen molar-refractivity contribution in [2.24, 2.45) is 17.8 Å². The SMILES string of the molecule is C[C@@H]1C(=O)CC[C@H]2[C@@H]1[C@@H](O)C=C[C@H]2O. The third kappa shape index (κ3) is 1.41. The van der Waals surface area contributed by atoms with Crippen LogP contribution in [0.15, 0.2) is 12.2 Å². The molecule has 0 saturated heterocycles. The maximum atomic E-state index is 11.5. The highest BCUT2D eigenvalue weighted by Gasteiger charge is 2.43. The molecule has 0 heterocycles. The Morgan fingerprint density at radius 3 is 2.64 bits per heavy atom. The number of rotatable bonds is 0. The van der Waals surface area contributed by atoms with Crippen molar-refractivity contribution < 1.29 is 15.0 Å². The Hall–Kier alpha value is -0.670. The largest absolute Gasteiger partial charge is 0.389 e. The first kappa shape index (κ1) is 9.87. The van der Waals surface area contributed by atoms with Crippen LogP contribution in [0.4, 0.5) is 0 Å². The second kappa shape index (κ2) is 3.48. The number of Topliss-reactive ketones (excluding diaryl/α,β-unsaturated/α-hetero) is 1. The van der Waals surface area contributed by atoms with Gasteiger partial charge in [0.1, 0.15) is 5.78 Å². The molecule has 1 fully saturated rings. The number of carbonyl (C=O) groups is 1. The molecule has 3 nitrogen and oxygen atoms in total. The predicted molar refractivity (Wildman–Crippen MR) is 51.5 cm³/mol. The minimum Gasteiger partial charge on any atom is -0.389 e. The highest BCUT2D eigenvalue weighted by Crippen LogP contribution is 2.39. The Balaban J connectivity index is 2.26. The lowest BCUT2D eigenvalue weighted by Gasteiger charge is -2.41. The summed E-state index contributed by atoms with van der Waals surface area (Å²) in [5.41, 5.74) is 0. The zero-order chi connectivity index (χ0) is 10.3. The van der Waals surface area contributed by atoms with E-state index >= 15 is 0 Å². The van der Waals surface area contributed by atoms with E-state index in [4.69, 9.17) is 0 Å². The molecule has 3 heteroatoms. The van der Waals surface area contributed by atoms with Gasteiger partial charge in [0.2, 0.25) is 0 Å². The molecule has 78 valence electrons. The van der Waals surface area contributed by atoms with E-state index in [1.54, 1.807) is 12.2 Å². The van der Waals surface area contributed by atoms with Crippen molar-refractivity contribution in [1.29, 1.82) is 0 Å². The monoisotopic (exact) mass is 196 g/mol. The molecule has 2 N–H and O–H groups in total. The molecule has 0 aromatic rings. The van der Waals surface area contributed by atoms with Crippen LogP contribution in [-0.4, -0.2) is 28.2 Å². The van der Waals surface area contributed by atoms with Crippen LogP contribution >= 0.6 is 0 Å². The van der Waals surface area contributed by atoms with Gasteiger partial charge in [-0.25, -0.2) is 0 Å². The molecule has 2 aliphatic rings. The molecule has 2 aliphatic carbocycles. The average molecular weight is 196 g/mol. The molecule has 0 spiro atoms. The fourth-order valence-electron chi connectivity index (χ4n) is 2.76. The summed E-state index contributed by atoms with van der Waals surface area (Å²) < 4.78 is 0. The average Bonchev–Trinajstić information content (AvgIpc) is 2.16. The van der Waals surface area contributed by atoms with Crippen molar-refractivity contribution >= 4 is 5.78 Å². The summed E-state index contributed by atoms with van der Waals surface area (Å²) in [4.78, 5) is 11.5. The number of fused-ring (bicyclic) bond motifs is 1. The van der Waals surface area contributed by atoms with E-state index in [2.05, 4.69) is 0 Å². The van der Waals surface area contributed by atoms with Gasteiger partial charge in [0.25, 0.3) is 0 Å². The zero-order valence-electron chi connectivity index (χ0n) is 8.26. The van der Waals surface area contributed by atoms with E-state index in [0.717, 1.165) is 0 Å². The maximum absolute atomic E-state index is 11.5. The van der Waals surface area contributed by atoms with E-state index in [1.165, 1.54) is 0 Å². The maximum Gasteiger partial charge on any atom is 0.136 e. The molecular formula is C11H16O3. The van der Waals surface area contributed by atoms with Crippen molar-refractivity contribution in [3.63, 3.8) is 0 Å². The van der Waals surface area contributed by atoms with Crippen LogP contribution < -0.4 is 0 Å². The van der Waals surface area contributed by atoms with Gasteiger partial charge in [-0.1, -0.05) is 19.1 Å². The minimum atomic E-state index is -0.567. The van der Waals surface area contributed by atoms with Gasteiger partial charge in [-0.3, -0.25) is 4.79 Å². The Labute approximate surface area is 83.4 Å². The van der Waals surface area contributed by atoms with Crippen LogP contribution in [0.5, 0.6) is 0 Å². The molecule has 0 amide bonds. The van der Waals surface area contributed by atoms with E-state index in [9.17, 15) is 15.0 Å². The highest BCUT2D eigenvalue weighted by atomic mass is 16.3. The Kier molecular flexibility index (Phi) is 2.45. The number of aliphatic hydroxyl groups is 2. The van der Waals surface area contributed by atoms with Gasteiger partial charge >= 0.3 is 0 Å². The van der Waals surface area contributed by atoms with Crippen molar-refractivity contribution in [2.45, 2.75) is 32.0 Å². The summed E-state index contributed by atoms with van der Waals surface area (Å²) in [7, 11) is 0. The fraction of sp³-hybridized carbons (Fsp3) is 0.727. The van der Waals surface area contributed by atoms with Gasteiger partial charge in [0.05, 0.1) is 12.2 Å². The van der Waals surface area contributed by atoms with E-state index < -0.39 is 12.2 Å². The fourth-order valence-corrected chi connectivity index (χ4v) is 2.76. The van der Waals surface area contributed by atoms with Crippen LogP contribution in [0.2, 0.25) is 0 Å². The quantitative estimate of drug-likeness (QED) is 0.555. The van der Waals surface area contributed by atoms with E-state index in [-0.39, 0.29) is 23.5 Å². The van der Waals surface area contributed by atoms with Crippen molar-refractivity contribution in [3.05, 3.63) is 12.2 Å². The standard InChI is InChI=1S/C11H16O3/c1-6-8(12)3-2-7-9(13)4-5-10(14)11(6)7/h4-7,9-11,13-14H,2-3H2,1H3/t6-,7-,9-,10+,11-/m1/s1. The van der Waals surface area contributed by atoms with Crippen molar-refractivity contribution in [3.8, 4) is 0 Å². The first-order valence-electron chi connectivity index (χ1n) is 5.18. The summed E-state index contributed by atoms with van der Waals surface area (Å²) in [5.74, 6) is 0.0649. The number of ketones is 1. The molecule has 5 atom stereocenters. The third-order valence-electron chi connectivity index (χ3n) is 3.64. The summed E-state index contributed by atoms with van der Waals surface area (Å²) >= 11 is 0. The molecule has 0 aliphatic heterocycles. The normalized spacial score (nSPS) is 47.6. The molecule has 0 aromatic carbocycles. The van der Waals surface area contributed by atoms with E-state index in [1.807, 2.05) is 6.92 Å². The molecule has 14 heavy (non-hydrogen) atoms. The number of hydrogen-bond donors (Lipinski definition) is 2. The van der Waals surface area contributed by atoms with Crippen LogP contribution in [0, 0.1) is 17.8 Å². The molecule has 0 bridgehead atoms. The van der Waals surface area contributed by atoms with Crippen LogP contribution in [0.3, 0.4) is 0 Å². The summed E-state index contributed by atoms with van der Waals surface area (Å²) in [6, 6.07) is 0. The Bertz CT molecular complexity index is 272. The van der Waals surface area contributed by atoms with Gasteiger partial charge in [0, 0.05) is 18.3 Å². The topological polar surface area (TPSA) is 57.5 Å². The molecular weight excluding hydrogens is 180 g/mol. The van der Waals surface area contributed by atoms with Crippen LogP contribution in [0.25, 0.3) is 0 Å². The van der Waals surface area contributed by atoms with Crippen molar-refractivity contribution in [2.75, 3.05) is 0 Å². The Morgan fingerprint density at radius 2 is 1.93 bits per heavy atom. The molecule has 0 radical (unpaired) electrons. The molecule has 0 unspecified atom stereocenters. The van der Waals surface area contributed by atoms with Gasteiger partial charge in [-0.05, 0) is 12.3 Å². The summed E-state index contributed by atoms with van der Waals surface area (Å²) in [5, 5.41) is 19.5. The summed E-state index contributed by atoms with van der Waals surface area (Å²) in [6.07, 6.45) is 3.45. The lowest BCUT2D eigenvalue weighted by molar-refractivity contribution is -0.132. The second-order valence-corrected chi connectivity index (χ2v) is 4.40. The van der Waals surface area contributed by atoms with Gasteiger partial charge in [-0.2, -0.15) is 0 Å². The lowest BCUT2D eigenvalue weighted by Crippen LogP contribution is -2.46. The van der Waals surface area contributed by atoms with Gasteiger partial charge in [0.15, 0.2) is 0 Å².